The molecule has 0 aliphatic carbocycles. The third-order valence-corrected chi connectivity index (χ3v) is 2.71. The van der Waals surface area contributed by atoms with Crippen LogP contribution in [0.5, 0.6) is 0 Å². The lowest BCUT2D eigenvalue weighted by Crippen LogP contribution is -2.61. The fraction of sp³-hybridized carbons (Fsp3) is 1.00. The van der Waals surface area contributed by atoms with Crippen molar-refractivity contribution in [2.45, 2.75) is 19.9 Å². The summed E-state index contributed by atoms with van der Waals surface area (Å²) >= 11 is 0. The van der Waals surface area contributed by atoms with Gasteiger partial charge in [0.25, 0.3) is 0 Å². The minimum absolute atomic E-state index is 0.863. The van der Waals surface area contributed by atoms with E-state index >= 15 is 0 Å². The van der Waals surface area contributed by atoms with E-state index < -0.39 is 0 Å². The molecule has 0 saturated carbocycles. The number of hydrogen-bond donors (Lipinski definition) is 1. The van der Waals surface area contributed by atoms with E-state index in [1.54, 1.807) is 0 Å². The predicted octanol–water partition coefficient (Wildman–Crippen LogP) is 0.232. The Bertz CT molecular complexity index is 126. The average Bonchev–Trinajstić information content (AvgIpc) is 2.18. The molecule has 2 aliphatic rings. The lowest BCUT2D eigenvalue weighted by Gasteiger charge is -2.45. The van der Waals surface area contributed by atoms with Crippen LogP contribution < -0.4 is 5.32 Å². The fourth-order valence-corrected chi connectivity index (χ4v) is 1.94. The summed E-state index contributed by atoms with van der Waals surface area (Å²) in [4.78, 5) is 4.99. The topological polar surface area (TPSA) is 18.5 Å². The van der Waals surface area contributed by atoms with Crippen molar-refractivity contribution in [1.29, 1.82) is 0 Å². The zero-order valence-electron chi connectivity index (χ0n) is 9.21. The molecule has 78 valence electrons. The first-order valence-corrected chi connectivity index (χ1v) is 5.49. The van der Waals surface area contributed by atoms with Gasteiger partial charge in [-0.05, 0) is 7.05 Å². The molecule has 0 radical (unpaired) electrons. The number of likely N-dealkylation sites (N-methyl/N-ethyl adjacent to an activating group) is 1. The molecular formula is C10H23N3. The molecule has 13 heavy (non-hydrogen) atoms. The van der Waals surface area contributed by atoms with Gasteiger partial charge in [-0.2, -0.15) is 0 Å². The van der Waals surface area contributed by atoms with Gasteiger partial charge in [-0.1, -0.05) is 13.8 Å². The van der Waals surface area contributed by atoms with Crippen LogP contribution in [0.2, 0.25) is 0 Å². The molecule has 2 heterocycles. The summed E-state index contributed by atoms with van der Waals surface area (Å²) in [5, 5.41) is 3.37. The second kappa shape index (κ2) is 5.58. The van der Waals surface area contributed by atoms with Crippen LogP contribution in [0.1, 0.15) is 13.8 Å². The Labute approximate surface area is 82.1 Å². The van der Waals surface area contributed by atoms with Crippen LogP contribution in [0.25, 0.3) is 0 Å². The Kier molecular flexibility index (Phi) is 4.70. The smallest absolute Gasteiger partial charge is 0.0351 e. The first-order chi connectivity index (χ1) is 6.36. The monoisotopic (exact) mass is 185 g/mol. The molecule has 0 bridgehead atoms. The standard InChI is InChI=1S/C8H17N3.C2H6/c1-10-6-8(7-10)11-4-2-9-3-5-11;1-2/h8-9H,2-7H2,1H3;1-2H3. The first kappa shape index (κ1) is 11.0. The van der Waals surface area contributed by atoms with E-state index in [0.29, 0.717) is 0 Å². The lowest BCUT2D eigenvalue weighted by molar-refractivity contribution is 0.0446. The van der Waals surface area contributed by atoms with Gasteiger partial charge in [-0.25, -0.2) is 0 Å². The number of piperazine rings is 1. The van der Waals surface area contributed by atoms with E-state index in [2.05, 4.69) is 22.2 Å². The van der Waals surface area contributed by atoms with Gasteiger partial charge in [-0.3, -0.25) is 4.90 Å². The van der Waals surface area contributed by atoms with Gasteiger partial charge in [0.2, 0.25) is 0 Å². The Morgan fingerprint density at radius 2 is 1.62 bits per heavy atom. The molecule has 2 saturated heterocycles. The molecule has 2 aliphatic heterocycles. The number of hydrogen-bond acceptors (Lipinski definition) is 3. The number of likely N-dealkylation sites (tertiary alicyclic amines) is 1. The van der Waals surface area contributed by atoms with Crippen molar-refractivity contribution in [2.24, 2.45) is 0 Å². The summed E-state index contributed by atoms with van der Waals surface area (Å²) < 4.78 is 0. The summed E-state index contributed by atoms with van der Waals surface area (Å²) in [6.07, 6.45) is 0. The highest BCUT2D eigenvalue weighted by molar-refractivity contribution is 4.87. The number of rotatable bonds is 1. The number of nitrogens with zero attached hydrogens (tertiary/aromatic N) is 2. The Hall–Kier alpha value is -0.120. The van der Waals surface area contributed by atoms with E-state index in [1.165, 1.54) is 39.3 Å². The molecule has 0 aromatic heterocycles. The highest BCUT2D eigenvalue weighted by atomic mass is 15.3. The largest absolute Gasteiger partial charge is 0.314 e. The van der Waals surface area contributed by atoms with E-state index in [9.17, 15) is 0 Å². The molecule has 2 fully saturated rings. The molecule has 3 nitrogen and oxygen atoms in total. The van der Waals surface area contributed by atoms with Gasteiger partial charge in [0.05, 0.1) is 0 Å². The molecular weight excluding hydrogens is 162 g/mol. The van der Waals surface area contributed by atoms with Gasteiger partial charge in [-0.15, -0.1) is 0 Å². The van der Waals surface area contributed by atoms with Crippen molar-refractivity contribution in [2.75, 3.05) is 46.3 Å². The van der Waals surface area contributed by atoms with Gasteiger partial charge in [0.1, 0.15) is 0 Å². The van der Waals surface area contributed by atoms with Crippen molar-refractivity contribution in [3.8, 4) is 0 Å². The van der Waals surface area contributed by atoms with Gasteiger partial charge in [0.15, 0.2) is 0 Å². The molecule has 0 atom stereocenters. The van der Waals surface area contributed by atoms with Crippen LogP contribution >= 0.6 is 0 Å². The molecule has 0 amide bonds. The van der Waals surface area contributed by atoms with Gasteiger partial charge >= 0.3 is 0 Å². The summed E-state index contributed by atoms with van der Waals surface area (Å²) in [5.41, 5.74) is 0. The van der Waals surface area contributed by atoms with Crippen molar-refractivity contribution >= 4 is 0 Å². The molecule has 0 unspecified atom stereocenters. The van der Waals surface area contributed by atoms with E-state index in [4.69, 9.17) is 0 Å². The normalized spacial score (nSPS) is 26.1. The summed E-state index contributed by atoms with van der Waals surface area (Å²) in [5.74, 6) is 0. The molecule has 3 heteroatoms. The van der Waals surface area contributed by atoms with Crippen LogP contribution in [0.15, 0.2) is 0 Å². The van der Waals surface area contributed by atoms with E-state index in [0.717, 1.165) is 6.04 Å². The molecule has 0 aromatic carbocycles. The maximum atomic E-state index is 3.37. The summed E-state index contributed by atoms with van der Waals surface area (Å²) in [6.45, 7) is 11.4. The van der Waals surface area contributed by atoms with Crippen LogP contribution in [0.4, 0.5) is 0 Å². The third-order valence-electron chi connectivity index (χ3n) is 2.71. The second-order valence-electron chi connectivity index (χ2n) is 3.66. The Morgan fingerprint density at radius 1 is 1.08 bits per heavy atom. The molecule has 2 rings (SSSR count). The highest BCUT2D eigenvalue weighted by Crippen LogP contribution is 2.12. The zero-order chi connectivity index (χ0) is 9.68. The third kappa shape index (κ3) is 2.93. The quantitative estimate of drug-likeness (QED) is 0.631. The van der Waals surface area contributed by atoms with E-state index in [-0.39, 0.29) is 0 Å². The Morgan fingerprint density at radius 3 is 2.08 bits per heavy atom. The SMILES string of the molecule is CC.CN1CC(N2CCNCC2)C1. The van der Waals surface area contributed by atoms with Crippen LogP contribution in [0, 0.1) is 0 Å². The summed E-state index contributed by atoms with van der Waals surface area (Å²) in [7, 11) is 2.19. The summed E-state index contributed by atoms with van der Waals surface area (Å²) in [6, 6.07) is 0.863. The molecule has 1 N–H and O–H groups in total. The average molecular weight is 185 g/mol. The highest BCUT2D eigenvalue weighted by Gasteiger charge is 2.29. The maximum Gasteiger partial charge on any atom is 0.0351 e. The minimum Gasteiger partial charge on any atom is -0.314 e. The molecule has 0 spiro atoms. The van der Waals surface area contributed by atoms with Crippen molar-refractivity contribution in [1.82, 2.24) is 15.1 Å². The van der Waals surface area contributed by atoms with Crippen molar-refractivity contribution in [3.63, 3.8) is 0 Å². The second-order valence-corrected chi connectivity index (χ2v) is 3.66. The fourth-order valence-electron chi connectivity index (χ4n) is 1.94. The van der Waals surface area contributed by atoms with Gasteiger partial charge < -0.3 is 10.2 Å². The predicted molar refractivity (Wildman–Crippen MR) is 57.1 cm³/mol. The lowest BCUT2D eigenvalue weighted by atomic mass is 10.1. The van der Waals surface area contributed by atoms with Gasteiger partial charge in [0, 0.05) is 45.3 Å². The number of nitrogens with one attached hydrogen (secondary N) is 1. The maximum absolute atomic E-state index is 3.37. The first-order valence-electron chi connectivity index (χ1n) is 5.49. The minimum atomic E-state index is 0.863. The van der Waals surface area contributed by atoms with Crippen LogP contribution in [-0.4, -0.2) is 62.2 Å². The van der Waals surface area contributed by atoms with Crippen molar-refractivity contribution < 1.29 is 0 Å². The van der Waals surface area contributed by atoms with Crippen LogP contribution in [0.3, 0.4) is 0 Å². The van der Waals surface area contributed by atoms with Crippen LogP contribution in [-0.2, 0) is 0 Å². The van der Waals surface area contributed by atoms with Crippen molar-refractivity contribution in [3.05, 3.63) is 0 Å². The molecule has 0 aromatic rings. The van der Waals surface area contributed by atoms with E-state index in [1.807, 2.05) is 13.8 Å². The Balaban J connectivity index is 0.000000396. The zero-order valence-corrected chi connectivity index (χ0v) is 9.21.